The van der Waals surface area contributed by atoms with Crippen molar-refractivity contribution in [1.82, 2.24) is 19.4 Å². The molecule has 1 amide bonds. The Kier molecular flexibility index (Phi) is 6.03. The minimum absolute atomic E-state index is 0.0343. The fraction of sp³-hybridized carbons (Fsp3) is 0.750. The third-order valence-corrected chi connectivity index (χ3v) is 6.69. The van der Waals surface area contributed by atoms with Crippen LogP contribution in [-0.2, 0) is 21.4 Å². The van der Waals surface area contributed by atoms with Crippen LogP contribution in [0.3, 0.4) is 0 Å². The predicted octanol–water partition coefficient (Wildman–Crippen LogP) is 1.59. The Bertz CT molecular complexity index is 690. The van der Waals surface area contributed by atoms with E-state index in [0.29, 0.717) is 24.5 Å². The Balaban J connectivity index is 2.24. The van der Waals surface area contributed by atoms with Crippen LogP contribution in [0.15, 0.2) is 4.90 Å². The normalized spacial score (nSPS) is 17.7. The van der Waals surface area contributed by atoms with Crippen molar-refractivity contribution in [3.05, 3.63) is 11.4 Å². The molecule has 7 nitrogen and oxygen atoms in total. The maximum atomic E-state index is 12.9. The van der Waals surface area contributed by atoms with E-state index in [1.54, 1.807) is 13.8 Å². The average molecular weight is 356 g/mol. The van der Waals surface area contributed by atoms with Crippen molar-refractivity contribution in [2.75, 3.05) is 13.1 Å². The minimum Gasteiger partial charge on any atom is -0.352 e. The fourth-order valence-electron chi connectivity index (χ4n) is 3.00. The summed E-state index contributed by atoms with van der Waals surface area (Å²) in [5.74, 6) is -0.156. The summed E-state index contributed by atoms with van der Waals surface area (Å²) in [6.45, 7) is 8.48. The van der Waals surface area contributed by atoms with E-state index < -0.39 is 10.0 Å². The highest BCUT2D eigenvalue weighted by Crippen LogP contribution is 2.25. The van der Waals surface area contributed by atoms with Crippen molar-refractivity contribution in [3.63, 3.8) is 0 Å². The first-order valence-corrected chi connectivity index (χ1v) is 10.0. The molecule has 24 heavy (non-hydrogen) atoms. The number of rotatable bonds is 6. The number of aryl methyl sites for hydroxylation is 1. The second-order valence-electron chi connectivity index (χ2n) is 6.50. The summed E-state index contributed by atoms with van der Waals surface area (Å²) >= 11 is 0. The summed E-state index contributed by atoms with van der Waals surface area (Å²) in [4.78, 5) is 12.3. The smallest absolute Gasteiger partial charge is 0.246 e. The van der Waals surface area contributed by atoms with Gasteiger partial charge >= 0.3 is 0 Å². The Morgan fingerprint density at radius 2 is 1.88 bits per heavy atom. The second-order valence-corrected chi connectivity index (χ2v) is 8.37. The van der Waals surface area contributed by atoms with E-state index in [2.05, 4.69) is 10.4 Å². The van der Waals surface area contributed by atoms with Gasteiger partial charge in [0, 0.05) is 19.1 Å². The first-order valence-electron chi connectivity index (χ1n) is 8.60. The van der Waals surface area contributed by atoms with Crippen molar-refractivity contribution in [2.24, 2.45) is 0 Å². The van der Waals surface area contributed by atoms with Crippen LogP contribution < -0.4 is 5.32 Å². The summed E-state index contributed by atoms with van der Waals surface area (Å²) < 4.78 is 28.9. The van der Waals surface area contributed by atoms with Crippen molar-refractivity contribution >= 4 is 15.9 Å². The molecule has 1 saturated heterocycles. The minimum atomic E-state index is -3.55. The van der Waals surface area contributed by atoms with E-state index in [4.69, 9.17) is 0 Å². The highest BCUT2D eigenvalue weighted by Gasteiger charge is 2.32. The average Bonchev–Trinajstić information content (AvgIpc) is 2.82. The molecule has 0 bridgehead atoms. The predicted molar refractivity (Wildman–Crippen MR) is 92.2 cm³/mol. The van der Waals surface area contributed by atoms with Crippen LogP contribution in [0.4, 0.5) is 0 Å². The van der Waals surface area contributed by atoms with Crippen LogP contribution in [0.1, 0.15) is 50.9 Å². The van der Waals surface area contributed by atoms with Crippen molar-refractivity contribution in [3.8, 4) is 0 Å². The molecule has 0 saturated carbocycles. The number of hydrogen-bond donors (Lipinski definition) is 1. The van der Waals surface area contributed by atoms with Gasteiger partial charge in [-0.3, -0.25) is 9.48 Å². The van der Waals surface area contributed by atoms with Crippen LogP contribution >= 0.6 is 0 Å². The van der Waals surface area contributed by atoms with Crippen LogP contribution in [0.25, 0.3) is 0 Å². The number of amides is 1. The van der Waals surface area contributed by atoms with Gasteiger partial charge < -0.3 is 5.32 Å². The lowest BCUT2D eigenvalue weighted by Gasteiger charge is -2.26. The van der Waals surface area contributed by atoms with Crippen molar-refractivity contribution in [1.29, 1.82) is 0 Å². The van der Waals surface area contributed by atoms with Crippen molar-refractivity contribution in [2.45, 2.75) is 70.9 Å². The van der Waals surface area contributed by atoms with Gasteiger partial charge in [-0.05, 0) is 40.0 Å². The summed E-state index contributed by atoms with van der Waals surface area (Å²) in [7, 11) is -3.55. The van der Waals surface area contributed by atoms with Gasteiger partial charge in [-0.15, -0.1) is 0 Å². The zero-order valence-corrected chi connectivity index (χ0v) is 15.8. The van der Waals surface area contributed by atoms with Gasteiger partial charge in [-0.1, -0.05) is 13.3 Å². The van der Waals surface area contributed by atoms with E-state index in [1.165, 1.54) is 8.99 Å². The molecule has 0 spiro atoms. The molecule has 1 aliphatic rings. The summed E-state index contributed by atoms with van der Waals surface area (Å²) in [5, 5.41) is 7.17. The van der Waals surface area contributed by atoms with E-state index >= 15 is 0 Å². The van der Waals surface area contributed by atoms with Gasteiger partial charge in [0.1, 0.15) is 11.4 Å². The van der Waals surface area contributed by atoms with Crippen LogP contribution in [0.5, 0.6) is 0 Å². The molecule has 0 aromatic carbocycles. The number of hydrogen-bond acceptors (Lipinski definition) is 4. The van der Waals surface area contributed by atoms with Crippen LogP contribution in [0.2, 0.25) is 0 Å². The molecule has 8 heteroatoms. The number of carbonyl (C=O) groups excluding carboxylic acids is 1. The molecule has 0 aliphatic carbocycles. The molecule has 2 rings (SSSR count). The largest absolute Gasteiger partial charge is 0.352 e. The highest BCUT2D eigenvalue weighted by atomic mass is 32.2. The van der Waals surface area contributed by atoms with Gasteiger partial charge in [0.2, 0.25) is 15.9 Å². The van der Waals surface area contributed by atoms with E-state index in [9.17, 15) is 13.2 Å². The lowest BCUT2D eigenvalue weighted by Crippen LogP contribution is -2.36. The number of aromatic nitrogens is 2. The number of carbonyl (C=O) groups is 1. The molecule has 136 valence electrons. The molecule has 1 N–H and O–H groups in total. The molecule has 1 aromatic rings. The first-order chi connectivity index (χ1) is 11.3. The van der Waals surface area contributed by atoms with Crippen LogP contribution in [0, 0.1) is 13.8 Å². The summed E-state index contributed by atoms with van der Waals surface area (Å²) in [6.07, 6.45) is 3.70. The maximum absolute atomic E-state index is 12.9. The molecular weight excluding hydrogens is 328 g/mol. The summed E-state index contributed by atoms with van der Waals surface area (Å²) in [5.41, 5.74) is 0.979. The lowest BCUT2D eigenvalue weighted by atomic mass is 10.2. The monoisotopic (exact) mass is 356 g/mol. The first kappa shape index (κ1) is 18.9. The van der Waals surface area contributed by atoms with Gasteiger partial charge in [0.25, 0.3) is 0 Å². The molecule has 2 heterocycles. The quantitative estimate of drug-likeness (QED) is 0.839. The molecular formula is C16H28N4O3S. The molecule has 1 aromatic heterocycles. The third-order valence-electron chi connectivity index (χ3n) is 4.54. The Morgan fingerprint density at radius 1 is 1.25 bits per heavy atom. The SMILES string of the molecule is CCC(C)NC(=O)Cn1nc(C)c(S(=O)(=O)N2CCCCC2)c1C. The topological polar surface area (TPSA) is 84.3 Å². The van der Waals surface area contributed by atoms with Gasteiger partial charge in [-0.25, -0.2) is 8.42 Å². The Labute approximate surface area is 144 Å². The number of piperidine rings is 1. The second kappa shape index (κ2) is 7.65. The molecule has 1 aliphatic heterocycles. The van der Waals surface area contributed by atoms with Gasteiger partial charge in [-0.2, -0.15) is 9.40 Å². The third kappa shape index (κ3) is 3.97. The highest BCUT2D eigenvalue weighted by molar-refractivity contribution is 7.89. The standard InChI is InChI=1S/C16H28N4O3S/c1-5-12(2)17-15(21)11-20-14(4)16(13(3)18-20)24(22,23)19-9-7-6-8-10-19/h12H,5-11H2,1-4H3,(H,17,21). The maximum Gasteiger partial charge on any atom is 0.246 e. The van der Waals surface area contributed by atoms with E-state index in [0.717, 1.165) is 25.7 Å². The molecule has 1 fully saturated rings. The Morgan fingerprint density at radius 3 is 2.46 bits per heavy atom. The number of nitrogens with one attached hydrogen (secondary N) is 1. The molecule has 0 radical (unpaired) electrons. The van der Waals surface area contributed by atoms with Gasteiger partial charge in [0.05, 0.1) is 11.4 Å². The fourth-order valence-corrected chi connectivity index (χ4v) is 4.89. The Hall–Kier alpha value is -1.41. The van der Waals surface area contributed by atoms with E-state index in [1.807, 2.05) is 13.8 Å². The number of sulfonamides is 1. The zero-order chi connectivity index (χ0) is 17.9. The summed E-state index contributed by atoms with van der Waals surface area (Å²) in [6, 6.07) is 0.0889. The van der Waals surface area contributed by atoms with E-state index in [-0.39, 0.29) is 23.4 Å². The number of nitrogens with zero attached hydrogens (tertiary/aromatic N) is 3. The van der Waals surface area contributed by atoms with Crippen LogP contribution in [-0.4, -0.2) is 47.5 Å². The molecule has 1 atom stereocenters. The zero-order valence-electron chi connectivity index (χ0n) is 15.0. The molecule has 1 unspecified atom stereocenters. The van der Waals surface area contributed by atoms with Crippen molar-refractivity contribution < 1.29 is 13.2 Å². The van der Waals surface area contributed by atoms with Gasteiger partial charge in [0.15, 0.2) is 0 Å². The lowest BCUT2D eigenvalue weighted by molar-refractivity contribution is -0.122.